The summed E-state index contributed by atoms with van der Waals surface area (Å²) in [5.74, 6) is 0.202. The topological polar surface area (TPSA) is 77.4 Å². The molecule has 4 aromatic rings. The normalized spacial score (nSPS) is 16.5. The Morgan fingerprint density at radius 3 is 2.27 bits per heavy atom. The number of aromatic nitrogens is 3. The molecule has 1 aromatic heterocycles. The smallest absolute Gasteiger partial charge is 0.307 e. The van der Waals surface area contributed by atoms with Crippen molar-refractivity contribution in [2.75, 3.05) is 0 Å². The minimum absolute atomic E-state index is 0.137. The van der Waals surface area contributed by atoms with Gasteiger partial charge >= 0.3 is 5.82 Å². The Morgan fingerprint density at radius 2 is 1.65 bits per heavy atom. The molecule has 2 unspecified atom stereocenters. The van der Waals surface area contributed by atoms with Crippen molar-refractivity contribution in [3.05, 3.63) is 126 Å². The molecule has 7 nitrogen and oxygen atoms in total. The predicted molar refractivity (Wildman–Crippen MR) is 140 cm³/mol. The van der Waals surface area contributed by atoms with Crippen molar-refractivity contribution in [2.45, 2.75) is 24.9 Å². The van der Waals surface area contributed by atoms with E-state index in [4.69, 9.17) is 0 Å². The third-order valence-electron chi connectivity index (χ3n) is 6.72. The minimum atomic E-state index is -0.252. The highest BCUT2D eigenvalue weighted by Gasteiger charge is 2.32. The van der Waals surface area contributed by atoms with E-state index in [-0.39, 0.29) is 23.8 Å². The first-order valence-corrected chi connectivity index (χ1v) is 12.3. The van der Waals surface area contributed by atoms with Crippen molar-refractivity contribution in [1.29, 1.82) is 0 Å². The number of hydrazone groups is 1. The van der Waals surface area contributed by atoms with Gasteiger partial charge in [-0.1, -0.05) is 91.0 Å². The Hall–Kier alpha value is -4.52. The monoisotopic (exact) mass is 491 g/mol. The van der Waals surface area contributed by atoms with Crippen LogP contribution in [0.25, 0.3) is 5.57 Å². The van der Waals surface area contributed by atoms with Crippen LogP contribution in [0.4, 0.5) is 0 Å². The number of aryl methyl sites for hydroxylation is 2. The molecule has 1 aliphatic heterocycles. The summed E-state index contributed by atoms with van der Waals surface area (Å²) in [4.78, 5) is 13.5. The lowest BCUT2D eigenvalue weighted by molar-refractivity contribution is -0.674. The average Bonchev–Trinajstić information content (AvgIpc) is 3.48. The van der Waals surface area contributed by atoms with Gasteiger partial charge in [0.2, 0.25) is 0 Å². The van der Waals surface area contributed by atoms with Gasteiger partial charge in [0.25, 0.3) is 12.1 Å². The number of benzene rings is 3. The zero-order valence-corrected chi connectivity index (χ0v) is 20.9. The molecule has 0 N–H and O–H groups in total. The summed E-state index contributed by atoms with van der Waals surface area (Å²) >= 11 is 0. The summed E-state index contributed by atoms with van der Waals surface area (Å²) in [5.41, 5.74) is 3.88. The molecule has 0 saturated heterocycles. The van der Waals surface area contributed by atoms with E-state index in [1.807, 2.05) is 90.9 Å². The van der Waals surface area contributed by atoms with E-state index in [0.29, 0.717) is 18.7 Å². The van der Waals surface area contributed by atoms with Crippen LogP contribution in [0, 0.1) is 0 Å². The Balaban J connectivity index is 1.59. The molecule has 0 fully saturated rings. The molecule has 0 spiro atoms. The number of carbonyl (C=O) groups excluding carboxylic acids is 1. The fourth-order valence-corrected chi connectivity index (χ4v) is 4.94. The molecule has 1 aliphatic rings. The summed E-state index contributed by atoms with van der Waals surface area (Å²) in [6, 6.07) is 29.5. The van der Waals surface area contributed by atoms with Crippen LogP contribution in [0.1, 0.15) is 52.2 Å². The van der Waals surface area contributed by atoms with Crippen molar-refractivity contribution >= 4 is 17.3 Å². The van der Waals surface area contributed by atoms with Gasteiger partial charge in [-0.15, -0.1) is 4.68 Å². The standard InChI is InChI=1S/C30H29N5O2/c1-33-21-31-34(2)30(33)28(36)19-25(22-12-6-3-7-13-22)18-26(23-14-8-4-9-15-23)35-27(20-29(37)32-35)24-16-10-5-11-17-24/h3-17,19,21,26-27H,18,20H2,1-2H3/b25-19+. The molecule has 5 rings (SSSR count). The van der Waals surface area contributed by atoms with Crippen LogP contribution in [0.2, 0.25) is 0 Å². The third-order valence-corrected chi connectivity index (χ3v) is 6.72. The number of rotatable bonds is 8. The lowest BCUT2D eigenvalue weighted by Crippen LogP contribution is -2.34. The minimum Gasteiger partial charge on any atom is -0.860 e. The number of carbonyl (C=O) groups is 1. The van der Waals surface area contributed by atoms with Gasteiger partial charge in [0, 0.05) is 11.5 Å². The van der Waals surface area contributed by atoms with Gasteiger partial charge in [-0.2, -0.15) is 5.10 Å². The van der Waals surface area contributed by atoms with E-state index in [9.17, 15) is 9.90 Å². The summed E-state index contributed by atoms with van der Waals surface area (Å²) in [6.45, 7) is 0. The fourth-order valence-electron chi connectivity index (χ4n) is 4.94. The Kier molecular flexibility index (Phi) is 6.94. The summed E-state index contributed by atoms with van der Waals surface area (Å²) in [5, 5.41) is 23.3. The van der Waals surface area contributed by atoms with Crippen molar-refractivity contribution in [2.24, 2.45) is 19.2 Å². The molecule has 0 aliphatic carbocycles. The average molecular weight is 492 g/mol. The number of hydrogen-bond acceptors (Lipinski definition) is 5. The highest BCUT2D eigenvalue weighted by atomic mass is 16.3. The Morgan fingerprint density at radius 1 is 1.03 bits per heavy atom. The van der Waals surface area contributed by atoms with Crippen LogP contribution in [-0.2, 0) is 14.1 Å². The molecule has 2 atom stereocenters. The summed E-state index contributed by atoms with van der Waals surface area (Å²) in [6.07, 6.45) is 4.12. The zero-order chi connectivity index (χ0) is 25.8. The van der Waals surface area contributed by atoms with E-state index in [1.54, 1.807) is 28.7 Å². The van der Waals surface area contributed by atoms with Crippen LogP contribution in [0.5, 0.6) is 0 Å². The summed E-state index contributed by atoms with van der Waals surface area (Å²) in [7, 11) is 3.57. The van der Waals surface area contributed by atoms with Crippen molar-refractivity contribution in [1.82, 2.24) is 14.8 Å². The molecule has 0 amide bonds. The zero-order valence-electron chi connectivity index (χ0n) is 20.9. The van der Waals surface area contributed by atoms with Gasteiger partial charge in [-0.05, 0) is 40.7 Å². The van der Waals surface area contributed by atoms with Gasteiger partial charge in [0.1, 0.15) is 0 Å². The fraction of sp³-hybridized carbons (Fsp3) is 0.200. The van der Waals surface area contributed by atoms with E-state index in [1.165, 1.54) is 0 Å². The number of ketones is 1. The first-order valence-electron chi connectivity index (χ1n) is 12.3. The lowest BCUT2D eigenvalue weighted by Gasteiger charge is -2.33. The van der Waals surface area contributed by atoms with Crippen LogP contribution in [0.3, 0.4) is 0 Å². The first-order chi connectivity index (χ1) is 18.0. The molecule has 0 bridgehead atoms. The molecule has 186 valence electrons. The third kappa shape index (κ3) is 5.21. The van der Waals surface area contributed by atoms with Gasteiger partial charge in [-0.25, -0.2) is 4.57 Å². The SMILES string of the molecule is Cn1nc[n+](C)c1C(=O)/C=C(\CC(c1ccccc1)N1N=C([O-])CC1c1ccccc1)c1ccccc1. The predicted octanol–water partition coefficient (Wildman–Crippen LogP) is 3.76. The van der Waals surface area contributed by atoms with Crippen LogP contribution in [-0.4, -0.2) is 26.5 Å². The van der Waals surface area contributed by atoms with E-state index >= 15 is 0 Å². The Labute approximate surface area is 216 Å². The molecular weight excluding hydrogens is 462 g/mol. The number of allylic oxidation sites excluding steroid dienone is 1. The largest absolute Gasteiger partial charge is 0.860 e. The quantitative estimate of drug-likeness (QED) is 0.214. The number of hydrogen-bond donors (Lipinski definition) is 0. The highest BCUT2D eigenvalue weighted by Crippen LogP contribution is 2.41. The molecule has 0 radical (unpaired) electrons. The van der Waals surface area contributed by atoms with E-state index in [2.05, 4.69) is 22.3 Å². The summed E-state index contributed by atoms with van der Waals surface area (Å²) < 4.78 is 3.30. The second kappa shape index (κ2) is 10.6. The first kappa shape index (κ1) is 24.2. The maximum atomic E-state index is 13.5. The van der Waals surface area contributed by atoms with Crippen molar-refractivity contribution in [3.63, 3.8) is 0 Å². The molecular formula is C30H29N5O2. The van der Waals surface area contributed by atoms with Crippen molar-refractivity contribution in [3.8, 4) is 0 Å². The van der Waals surface area contributed by atoms with E-state index in [0.717, 1.165) is 22.3 Å². The maximum absolute atomic E-state index is 13.5. The maximum Gasteiger partial charge on any atom is 0.307 e. The molecule has 2 heterocycles. The lowest BCUT2D eigenvalue weighted by atomic mass is 9.91. The van der Waals surface area contributed by atoms with Gasteiger partial charge in [0.15, 0.2) is 0 Å². The Bertz CT molecular complexity index is 1410. The van der Waals surface area contributed by atoms with Gasteiger partial charge < -0.3 is 5.11 Å². The second-order valence-corrected chi connectivity index (χ2v) is 9.22. The molecule has 0 saturated carbocycles. The van der Waals surface area contributed by atoms with Crippen LogP contribution >= 0.6 is 0 Å². The van der Waals surface area contributed by atoms with Gasteiger partial charge in [0.05, 0.1) is 26.2 Å². The molecule has 37 heavy (non-hydrogen) atoms. The van der Waals surface area contributed by atoms with Gasteiger partial charge in [-0.3, -0.25) is 9.80 Å². The molecule has 3 aromatic carbocycles. The molecule has 7 heteroatoms. The number of nitrogens with zero attached hydrogens (tertiary/aromatic N) is 5. The van der Waals surface area contributed by atoms with Crippen molar-refractivity contribution < 1.29 is 14.5 Å². The second-order valence-electron chi connectivity index (χ2n) is 9.22. The van der Waals surface area contributed by atoms with Crippen LogP contribution < -0.4 is 9.67 Å². The highest BCUT2D eigenvalue weighted by molar-refractivity contribution is 6.05. The van der Waals surface area contributed by atoms with Crippen LogP contribution in [0.15, 0.2) is 109 Å². The van der Waals surface area contributed by atoms with E-state index < -0.39 is 0 Å².